The third-order valence-corrected chi connectivity index (χ3v) is 2.33. The van der Waals surface area contributed by atoms with Gasteiger partial charge in [-0.05, 0) is 12.3 Å². The summed E-state index contributed by atoms with van der Waals surface area (Å²) < 4.78 is 0. The van der Waals surface area contributed by atoms with Crippen molar-refractivity contribution in [3.05, 3.63) is 0 Å². The fraction of sp³-hybridized carbons (Fsp3) is 0.846. The van der Waals surface area contributed by atoms with E-state index in [0.29, 0.717) is 0 Å². The van der Waals surface area contributed by atoms with E-state index >= 15 is 0 Å². The third kappa shape index (κ3) is 9.47. The molecule has 0 N–H and O–H groups in total. The first-order valence-corrected chi connectivity index (χ1v) is 5.77. The second kappa shape index (κ2) is 9.65. The standard InChI is InChI=1S/C13H24/c1-4-6-7-8-9-10-12-13(3)11-5-2/h13H,4-5,8-12H2,1-3H3. The quantitative estimate of drug-likeness (QED) is 0.420. The van der Waals surface area contributed by atoms with E-state index in [4.69, 9.17) is 0 Å². The average molecular weight is 180 g/mol. The first kappa shape index (κ1) is 12.6. The Morgan fingerprint density at radius 3 is 2.38 bits per heavy atom. The molecule has 0 heterocycles. The lowest BCUT2D eigenvalue weighted by Gasteiger charge is -2.07. The number of hydrogen-bond donors (Lipinski definition) is 0. The molecule has 0 bridgehead atoms. The normalized spacial score (nSPS) is 11.9. The van der Waals surface area contributed by atoms with Crippen molar-refractivity contribution in [2.75, 3.05) is 0 Å². The lowest BCUT2D eigenvalue weighted by atomic mass is 9.99. The molecule has 0 aromatic carbocycles. The van der Waals surface area contributed by atoms with Gasteiger partial charge in [0.2, 0.25) is 0 Å². The summed E-state index contributed by atoms with van der Waals surface area (Å²) in [6, 6.07) is 0. The van der Waals surface area contributed by atoms with Crippen LogP contribution in [-0.4, -0.2) is 0 Å². The van der Waals surface area contributed by atoms with E-state index in [1.807, 2.05) is 0 Å². The van der Waals surface area contributed by atoms with Gasteiger partial charge >= 0.3 is 0 Å². The molecule has 0 amide bonds. The van der Waals surface area contributed by atoms with Crippen LogP contribution in [0.1, 0.15) is 65.7 Å². The summed E-state index contributed by atoms with van der Waals surface area (Å²) in [5.74, 6) is 7.22. The summed E-state index contributed by atoms with van der Waals surface area (Å²) in [5, 5.41) is 0. The van der Waals surface area contributed by atoms with Crippen LogP contribution in [0, 0.1) is 17.8 Å². The molecule has 0 nitrogen and oxygen atoms in total. The number of unbranched alkanes of at least 4 members (excludes halogenated alkanes) is 2. The van der Waals surface area contributed by atoms with Crippen LogP contribution in [0.2, 0.25) is 0 Å². The van der Waals surface area contributed by atoms with Crippen LogP contribution in [0.4, 0.5) is 0 Å². The maximum Gasteiger partial charge on any atom is 0.00886 e. The van der Waals surface area contributed by atoms with Gasteiger partial charge in [-0.25, -0.2) is 0 Å². The Hall–Kier alpha value is -0.440. The second-order valence-corrected chi connectivity index (χ2v) is 3.85. The molecule has 0 aliphatic rings. The highest BCUT2D eigenvalue weighted by molar-refractivity contribution is 4.97. The zero-order valence-corrected chi connectivity index (χ0v) is 9.53. The lowest BCUT2D eigenvalue weighted by Crippen LogP contribution is -1.93. The zero-order chi connectivity index (χ0) is 9.94. The van der Waals surface area contributed by atoms with Crippen molar-refractivity contribution >= 4 is 0 Å². The van der Waals surface area contributed by atoms with Crippen molar-refractivity contribution < 1.29 is 0 Å². The molecule has 0 rings (SSSR count). The predicted octanol–water partition coefficient (Wildman–Crippen LogP) is 4.40. The molecule has 0 aliphatic heterocycles. The molecule has 0 saturated carbocycles. The van der Waals surface area contributed by atoms with Gasteiger partial charge in [-0.15, -0.1) is 11.8 Å². The predicted molar refractivity (Wildman–Crippen MR) is 60.6 cm³/mol. The Labute approximate surface area is 84.1 Å². The zero-order valence-electron chi connectivity index (χ0n) is 9.53. The van der Waals surface area contributed by atoms with Crippen molar-refractivity contribution in [3.63, 3.8) is 0 Å². The minimum atomic E-state index is 0.920. The molecule has 0 radical (unpaired) electrons. The maximum atomic E-state index is 3.19. The first-order chi connectivity index (χ1) is 6.31. The largest absolute Gasteiger partial charge is 0.104 e. The van der Waals surface area contributed by atoms with Crippen molar-refractivity contribution in [2.24, 2.45) is 5.92 Å². The summed E-state index contributed by atoms with van der Waals surface area (Å²) in [4.78, 5) is 0. The van der Waals surface area contributed by atoms with Crippen LogP contribution >= 0.6 is 0 Å². The molecule has 1 unspecified atom stereocenters. The molecular weight excluding hydrogens is 156 g/mol. The Morgan fingerprint density at radius 2 is 1.77 bits per heavy atom. The van der Waals surface area contributed by atoms with E-state index in [-0.39, 0.29) is 0 Å². The summed E-state index contributed by atoms with van der Waals surface area (Å²) in [5.41, 5.74) is 0. The highest BCUT2D eigenvalue weighted by Gasteiger charge is 1.98. The van der Waals surface area contributed by atoms with Crippen LogP contribution in [0.3, 0.4) is 0 Å². The molecular formula is C13H24. The molecule has 0 saturated heterocycles. The molecule has 13 heavy (non-hydrogen) atoms. The monoisotopic (exact) mass is 180 g/mol. The lowest BCUT2D eigenvalue weighted by molar-refractivity contribution is 0.463. The van der Waals surface area contributed by atoms with Crippen LogP contribution in [-0.2, 0) is 0 Å². The van der Waals surface area contributed by atoms with E-state index < -0.39 is 0 Å². The minimum absolute atomic E-state index is 0.920. The fourth-order valence-electron chi connectivity index (χ4n) is 1.56. The van der Waals surface area contributed by atoms with Gasteiger partial charge in [0.15, 0.2) is 0 Å². The van der Waals surface area contributed by atoms with Gasteiger partial charge in [-0.3, -0.25) is 0 Å². The molecule has 0 aromatic rings. The van der Waals surface area contributed by atoms with E-state index in [1.54, 1.807) is 0 Å². The molecule has 0 aromatic heterocycles. The van der Waals surface area contributed by atoms with Gasteiger partial charge < -0.3 is 0 Å². The summed E-state index contributed by atoms with van der Waals surface area (Å²) in [7, 11) is 0. The van der Waals surface area contributed by atoms with Gasteiger partial charge in [0, 0.05) is 12.8 Å². The van der Waals surface area contributed by atoms with E-state index in [0.717, 1.165) is 18.8 Å². The van der Waals surface area contributed by atoms with Gasteiger partial charge in [-0.1, -0.05) is 46.5 Å². The van der Waals surface area contributed by atoms with Crippen molar-refractivity contribution in [2.45, 2.75) is 65.7 Å². The van der Waals surface area contributed by atoms with Crippen molar-refractivity contribution in [1.82, 2.24) is 0 Å². The summed E-state index contributed by atoms with van der Waals surface area (Å²) in [6.07, 6.45) is 8.87. The first-order valence-electron chi connectivity index (χ1n) is 5.77. The minimum Gasteiger partial charge on any atom is -0.104 e. The highest BCUT2D eigenvalue weighted by Crippen LogP contribution is 2.13. The average Bonchev–Trinajstić information content (AvgIpc) is 2.11. The van der Waals surface area contributed by atoms with Crippen LogP contribution < -0.4 is 0 Å². The van der Waals surface area contributed by atoms with E-state index in [1.165, 1.54) is 32.1 Å². The molecule has 0 fully saturated rings. The highest BCUT2D eigenvalue weighted by atomic mass is 14.0. The Balaban J connectivity index is 3.15. The van der Waals surface area contributed by atoms with Crippen LogP contribution in [0.15, 0.2) is 0 Å². The van der Waals surface area contributed by atoms with Crippen LogP contribution in [0.25, 0.3) is 0 Å². The van der Waals surface area contributed by atoms with Gasteiger partial charge in [-0.2, -0.15) is 0 Å². The molecule has 0 heteroatoms. The van der Waals surface area contributed by atoms with E-state index in [2.05, 4.69) is 32.6 Å². The van der Waals surface area contributed by atoms with Crippen molar-refractivity contribution in [1.29, 1.82) is 0 Å². The Kier molecular flexibility index (Phi) is 9.32. The summed E-state index contributed by atoms with van der Waals surface area (Å²) in [6.45, 7) is 6.74. The van der Waals surface area contributed by atoms with Crippen LogP contribution in [0.5, 0.6) is 0 Å². The smallest absolute Gasteiger partial charge is 0.00886 e. The van der Waals surface area contributed by atoms with Gasteiger partial charge in [0.25, 0.3) is 0 Å². The SMILES string of the molecule is CCC#CCCCCC(C)CCC. The number of rotatable bonds is 6. The second-order valence-electron chi connectivity index (χ2n) is 3.85. The topological polar surface area (TPSA) is 0 Å². The summed E-state index contributed by atoms with van der Waals surface area (Å²) >= 11 is 0. The third-order valence-electron chi connectivity index (χ3n) is 2.33. The molecule has 0 aliphatic carbocycles. The number of hydrogen-bond acceptors (Lipinski definition) is 0. The molecule has 0 spiro atoms. The molecule has 1 atom stereocenters. The van der Waals surface area contributed by atoms with Gasteiger partial charge in [0.1, 0.15) is 0 Å². The maximum absolute atomic E-state index is 3.19. The van der Waals surface area contributed by atoms with E-state index in [9.17, 15) is 0 Å². The fourth-order valence-corrected chi connectivity index (χ4v) is 1.56. The molecule has 76 valence electrons. The van der Waals surface area contributed by atoms with Crippen molar-refractivity contribution in [3.8, 4) is 11.8 Å². The Morgan fingerprint density at radius 1 is 1.00 bits per heavy atom. The Bertz CT molecular complexity index is 147. The van der Waals surface area contributed by atoms with Gasteiger partial charge in [0.05, 0.1) is 0 Å².